The van der Waals surface area contributed by atoms with E-state index >= 15 is 0 Å². The first-order valence-corrected chi connectivity index (χ1v) is 8.35. The van der Waals surface area contributed by atoms with Crippen LogP contribution in [0.1, 0.15) is 13.8 Å². The van der Waals surface area contributed by atoms with Crippen molar-refractivity contribution in [2.24, 2.45) is 0 Å². The lowest BCUT2D eigenvalue weighted by molar-refractivity contribution is -0.114. The van der Waals surface area contributed by atoms with Crippen molar-refractivity contribution in [2.45, 2.75) is 18.7 Å². The van der Waals surface area contributed by atoms with Crippen LogP contribution >= 0.6 is 0 Å². The zero-order valence-corrected chi connectivity index (χ0v) is 13.3. The molecule has 0 saturated heterocycles. The SMILES string of the molecule is CCN(c1ccccc1)S(=O)(=O)c1ccccc1NC(C)=O. The lowest BCUT2D eigenvalue weighted by Gasteiger charge is -2.24. The highest BCUT2D eigenvalue weighted by molar-refractivity contribution is 7.93. The number of anilines is 2. The van der Waals surface area contributed by atoms with Crippen molar-refractivity contribution in [3.63, 3.8) is 0 Å². The number of carbonyl (C=O) groups is 1. The smallest absolute Gasteiger partial charge is 0.266 e. The van der Waals surface area contributed by atoms with E-state index in [0.717, 1.165) is 0 Å². The van der Waals surface area contributed by atoms with Crippen molar-refractivity contribution in [1.82, 2.24) is 0 Å². The summed E-state index contributed by atoms with van der Waals surface area (Å²) in [6, 6.07) is 15.3. The predicted octanol–water partition coefficient (Wildman–Crippen LogP) is 2.86. The van der Waals surface area contributed by atoms with Gasteiger partial charge in [-0.25, -0.2) is 8.42 Å². The summed E-state index contributed by atoms with van der Waals surface area (Å²) in [6.45, 7) is 3.41. The molecule has 116 valence electrons. The monoisotopic (exact) mass is 318 g/mol. The molecule has 0 radical (unpaired) electrons. The molecular formula is C16H18N2O3S. The molecule has 6 heteroatoms. The maximum absolute atomic E-state index is 12.9. The Bertz CT molecular complexity index is 758. The molecule has 0 aliphatic heterocycles. The Hall–Kier alpha value is -2.34. The molecule has 0 aliphatic carbocycles. The number of para-hydroxylation sites is 2. The second kappa shape index (κ2) is 6.62. The number of hydrogen-bond donors (Lipinski definition) is 1. The maximum Gasteiger partial charge on any atom is 0.266 e. The van der Waals surface area contributed by atoms with Gasteiger partial charge in [0.25, 0.3) is 10.0 Å². The third kappa shape index (κ3) is 3.28. The highest BCUT2D eigenvalue weighted by Gasteiger charge is 2.26. The molecule has 0 aromatic heterocycles. The molecule has 0 atom stereocenters. The van der Waals surface area contributed by atoms with Crippen LogP contribution in [0, 0.1) is 0 Å². The summed E-state index contributed by atoms with van der Waals surface area (Å²) >= 11 is 0. The van der Waals surface area contributed by atoms with Crippen molar-refractivity contribution >= 4 is 27.3 Å². The second-order valence-corrected chi connectivity index (χ2v) is 6.51. The number of amides is 1. The van der Waals surface area contributed by atoms with Gasteiger partial charge in [-0.3, -0.25) is 9.10 Å². The van der Waals surface area contributed by atoms with Crippen molar-refractivity contribution in [3.8, 4) is 0 Å². The number of rotatable bonds is 5. The van der Waals surface area contributed by atoms with Crippen LogP contribution in [-0.4, -0.2) is 20.9 Å². The molecule has 0 heterocycles. The van der Waals surface area contributed by atoms with Gasteiger partial charge in [0.15, 0.2) is 0 Å². The van der Waals surface area contributed by atoms with Gasteiger partial charge in [-0.2, -0.15) is 0 Å². The fraction of sp³-hybridized carbons (Fsp3) is 0.188. The Balaban J connectivity index is 2.52. The van der Waals surface area contributed by atoms with Gasteiger partial charge in [0.05, 0.1) is 11.4 Å². The van der Waals surface area contributed by atoms with E-state index in [1.165, 1.54) is 17.3 Å². The number of sulfonamides is 1. The lowest BCUT2D eigenvalue weighted by atomic mass is 10.3. The summed E-state index contributed by atoms with van der Waals surface area (Å²) in [6.07, 6.45) is 0. The van der Waals surface area contributed by atoms with E-state index in [1.807, 2.05) is 6.07 Å². The maximum atomic E-state index is 12.9. The van der Waals surface area contributed by atoms with E-state index in [0.29, 0.717) is 12.2 Å². The Kier molecular flexibility index (Phi) is 4.82. The Labute approximate surface area is 130 Å². The molecule has 0 bridgehead atoms. The first kappa shape index (κ1) is 16.0. The number of hydrogen-bond acceptors (Lipinski definition) is 3. The third-order valence-corrected chi connectivity index (χ3v) is 5.06. The van der Waals surface area contributed by atoms with E-state index in [4.69, 9.17) is 0 Å². The second-order valence-electron chi connectivity index (χ2n) is 4.68. The summed E-state index contributed by atoms with van der Waals surface area (Å²) in [5, 5.41) is 2.57. The molecule has 0 aliphatic rings. The van der Waals surface area contributed by atoms with Crippen molar-refractivity contribution < 1.29 is 13.2 Å². The molecule has 5 nitrogen and oxygen atoms in total. The minimum absolute atomic E-state index is 0.0795. The largest absolute Gasteiger partial charge is 0.325 e. The van der Waals surface area contributed by atoms with Crippen LogP contribution in [0.25, 0.3) is 0 Å². The molecule has 0 unspecified atom stereocenters. The van der Waals surface area contributed by atoms with E-state index < -0.39 is 10.0 Å². The van der Waals surface area contributed by atoms with E-state index in [2.05, 4.69) is 5.32 Å². The minimum atomic E-state index is -3.76. The van der Waals surface area contributed by atoms with Gasteiger partial charge in [-0.15, -0.1) is 0 Å². The number of benzene rings is 2. The molecule has 1 amide bonds. The average Bonchev–Trinajstić information content (AvgIpc) is 2.48. The van der Waals surface area contributed by atoms with Gasteiger partial charge >= 0.3 is 0 Å². The van der Waals surface area contributed by atoms with Gasteiger partial charge in [-0.1, -0.05) is 30.3 Å². The van der Waals surface area contributed by atoms with Crippen LogP contribution in [-0.2, 0) is 14.8 Å². The topological polar surface area (TPSA) is 66.5 Å². The summed E-state index contributed by atoms with van der Waals surface area (Å²) in [5.41, 5.74) is 0.868. The highest BCUT2D eigenvalue weighted by atomic mass is 32.2. The highest BCUT2D eigenvalue weighted by Crippen LogP contribution is 2.28. The average molecular weight is 318 g/mol. The van der Waals surface area contributed by atoms with Gasteiger partial charge in [0.1, 0.15) is 4.90 Å². The van der Waals surface area contributed by atoms with Crippen LogP contribution in [0.3, 0.4) is 0 Å². The minimum Gasteiger partial charge on any atom is -0.325 e. The molecule has 2 aromatic rings. The zero-order chi connectivity index (χ0) is 16.2. The van der Waals surface area contributed by atoms with E-state index in [-0.39, 0.29) is 16.5 Å². The number of carbonyl (C=O) groups excluding carboxylic acids is 1. The molecule has 2 rings (SSSR count). The normalized spacial score (nSPS) is 11.0. The first-order chi connectivity index (χ1) is 10.5. The standard InChI is InChI=1S/C16H18N2O3S/c1-3-18(14-9-5-4-6-10-14)22(20,21)16-12-8-7-11-15(16)17-13(2)19/h4-12H,3H2,1-2H3,(H,17,19). The van der Waals surface area contributed by atoms with Crippen LogP contribution in [0.2, 0.25) is 0 Å². The number of nitrogens with one attached hydrogen (secondary N) is 1. The van der Waals surface area contributed by atoms with Crippen LogP contribution < -0.4 is 9.62 Å². The molecule has 0 fully saturated rings. The molecule has 0 spiro atoms. The Morgan fingerprint density at radius 2 is 1.64 bits per heavy atom. The summed E-state index contributed by atoms with van der Waals surface area (Å²) in [7, 11) is -3.76. The van der Waals surface area contributed by atoms with Crippen molar-refractivity contribution in [3.05, 3.63) is 54.6 Å². The summed E-state index contributed by atoms with van der Waals surface area (Å²) in [5.74, 6) is -0.314. The van der Waals surface area contributed by atoms with Gasteiger partial charge in [0, 0.05) is 13.5 Å². The van der Waals surface area contributed by atoms with Gasteiger partial charge in [-0.05, 0) is 31.2 Å². The van der Waals surface area contributed by atoms with Crippen LogP contribution in [0.5, 0.6) is 0 Å². The van der Waals surface area contributed by atoms with Gasteiger partial charge in [0.2, 0.25) is 5.91 Å². The molecule has 0 saturated carbocycles. The Morgan fingerprint density at radius 3 is 2.23 bits per heavy atom. The van der Waals surface area contributed by atoms with E-state index in [9.17, 15) is 13.2 Å². The molecule has 2 aromatic carbocycles. The molecule has 22 heavy (non-hydrogen) atoms. The quantitative estimate of drug-likeness (QED) is 0.922. The third-order valence-electron chi connectivity index (χ3n) is 3.10. The Morgan fingerprint density at radius 1 is 1.05 bits per heavy atom. The van der Waals surface area contributed by atoms with Gasteiger partial charge < -0.3 is 5.32 Å². The summed E-state index contributed by atoms with van der Waals surface area (Å²) in [4.78, 5) is 11.4. The first-order valence-electron chi connectivity index (χ1n) is 6.91. The zero-order valence-electron chi connectivity index (χ0n) is 12.5. The van der Waals surface area contributed by atoms with Crippen molar-refractivity contribution in [2.75, 3.05) is 16.2 Å². The fourth-order valence-corrected chi connectivity index (χ4v) is 3.81. The number of nitrogens with zero attached hydrogens (tertiary/aromatic N) is 1. The van der Waals surface area contributed by atoms with Crippen LogP contribution in [0.4, 0.5) is 11.4 Å². The molecular weight excluding hydrogens is 300 g/mol. The van der Waals surface area contributed by atoms with Crippen LogP contribution in [0.15, 0.2) is 59.5 Å². The lowest BCUT2D eigenvalue weighted by Crippen LogP contribution is -2.31. The van der Waals surface area contributed by atoms with Crippen molar-refractivity contribution in [1.29, 1.82) is 0 Å². The predicted molar refractivity (Wildman–Crippen MR) is 87.4 cm³/mol. The fourth-order valence-electron chi connectivity index (χ4n) is 2.19. The van der Waals surface area contributed by atoms with E-state index in [1.54, 1.807) is 49.4 Å². The summed E-state index contributed by atoms with van der Waals surface area (Å²) < 4.78 is 27.2. The molecule has 1 N–H and O–H groups in total.